The Labute approximate surface area is 141 Å². The second-order valence-corrected chi connectivity index (χ2v) is 8.52. The largest absolute Gasteiger partial charge is 0.356 e. The molecule has 2 heterocycles. The van der Waals surface area contributed by atoms with Crippen LogP contribution in [0.4, 0.5) is 5.82 Å². The lowest BCUT2D eigenvalue weighted by Gasteiger charge is -2.35. The van der Waals surface area contributed by atoms with Gasteiger partial charge < -0.3 is 9.88 Å². The van der Waals surface area contributed by atoms with Crippen molar-refractivity contribution >= 4 is 27.5 Å². The summed E-state index contributed by atoms with van der Waals surface area (Å²) in [6.45, 7) is 2.26. The molecule has 126 valence electrons. The summed E-state index contributed by atoms with van der Waals surface area (Å²) in [5.74, 6) is 4.39. The summed E-state index contributed by atoms with van der Waals surface area (Å²) in [4.78, 5) is 14.4. The summed E-state index contributed by atoms with van der Waals surface area (Å²) >= 11 is 0. The van der Waals surface area contributed by atoms with Gasteiger partial charge in [-0.2, -0.15) is 0 Å². The topological polar surface area (TPSA) is 57.2 Å². The predicted octanol–water partition coefficient (Wildman–Crippen LogP) is 3.40. The van der Waals surface area contributed by atoms with Crippen LogP contribution in [0.25, 0.3) is 11.0 Å². The molecule has 1 saturated carbocycles. The van der Waals surface area contributed by atoms with E-state index in [1.807, 2.05) is 13.2 Å². The number of aromatic nitrogens is 3. The van der Waals surface area contributed by atoms with Crippen LogP contribution >= 0.6 is 0 Å². The number of fused-ring (bicyclic) bond motifs is 1. The van der Waals surface area contributed by atoms with Gasteiger partial charge in [0.15, 0.2) is 0 Å². The highest BCUT2D eigenvalue weighted by molar-refractivity contribution is 7.87. The van der Waals surface area contributed by atoms with Crippen LogP contribution in [0.1, 0.15) is 32.6 Å². The average Bonchev–Trinajstić information content (AvgIpc) is 3.08. The summed E-state index contributed by atoms with van der Waals surface area (Å²) in [5, 5.41) is 1.12. The van der Waals surface area contributed by atoms with Gasteiger partial charge in [0.1, 0.15) is 17.8 Å². The third-order valence-electron chi connectivity index (χ3n) is 5.05. The highest BCUT2D eigenvalue weighted by Crippen LogP contribution is 2.31. The zero-order valence-electron chi connectivity index (χ0n) is 14.3. The maximum atomic E-state index is 4.53. The number of anilines is 1. The zero-order valence-corrected chi connectivity index (χ0v) is 15.1. The van der Waals surface area contributed by atoms with Gasteiger partial charge in [-0.3, -0.25) is 4.36 Å². The van der Waals surface area contributed by atoms with Crippen molar-refractivity contribution in [3.8, 4) is 0 Å². The van der Waals surface area contributed by atoms with Crippen LogP contribution < -0.4 is 4.90 Å². The van der Waals surface area contributed by atoms with E-state index in [-0.39, 0.29) is 10.7 Å². The molecular formula is C17H27N5S. The van der Waals surface area contributed by atoms with Gasteiger partial charge in [0.05, 0.1) is 5.39 Å². The molecule has 1 aliphatic rings. The molecule has 3 rings (SSSR count). The minimum absolute atomic E-state index is 0.280. The summed E-state index contributed by atoms with van der Waals surface area (Å²) in [5.41, 5.74) is 0.923. The Morgan fingerprint density at radius 3 is 2.78 bits per heavy atom. The maximum Gasteiger partial charge on any atom is 0.142 e. The number of aromatic amines is 1. The normalized spacial score (nSPS) is 23.3. The molecule has 1 aliphatic carbocycles. The molecule has 1 fully saturated rings. The van der Waals surface area contributed by atoms with Crippen molar-refractivity contribution in [1.29, 1.82) is 0 Å². The lowest BCUT2D eigenvalue weighted by Crippen LogP contribution is -2.36. The number of rotatable bonds is 5. The van der Waals surface area contributed by atoms with E-state index in [0.29, 0.717) is 6.04 Å². The minimum Gasteiger partial charge on any atom is -0.356 e. The molecular weight excluding hydrogens is 306 g/mol. The summed E-state index contributed by atoms with van der Waals surface area (Å²) in [6, 6.07) is 2.66. The maximum absolute atomic E-state index is 4.53. The van der Waals surface area contributed by atoms with Gasteiger partial charge in [-0.1, -0.05) is 6.92 Å². The zero-order chi connectivity index (χ0) is 16.2. The van der Waals surface area contributed by atoms with E-state index >= 15 is 0 Å². The van der Waals surface area contributed by atoms with E-state index < -0.39 is 0 Å². The van der Waals surface area contributed by atoms with Crippen LogP contribution in [-0.4, -0.2) is 46.6 Å². The number of nitrogens with one attached hydrogen (secondary N) is 1. The lowest BCUT2D eigenvalue weighted by atomic mass is 9.86. The Morgan fingerprint density at radius 2 is 2.09 bits per heavy atom. The van der Waals surface area contributed by atoms with Gasteiger partial charge in [0.25, 0.3) is 0 Å². The van der Waals surface area contributed by atoms with E-state index in [2.05, 4.69) is 44.3 Å². The highest BCUT2D eigenvalue weighted by atomic mass is 32.2. The molecule has 23 heavy (non-hydrogen) atoms. The number of nitrogens with zero attached hydrogens (tertiary/aromatic N) is 4. The summed E-state index contributed by atoms with van der Waals surface area (Å²) in [7, 11) is 4.43. The summed E-state index contributed by atoms with van der Waals surface area (Å²) < 4.78 is 4.53. The highest BCUT2D eigenvalue weighted by Gasteiger charge is 2.26. The van der Waals surface area contributed by atoms with E-state index in [9.17, 15) is 0 Å². The van der Waals surface area contributed by atoms with E-state index in [1.165, 1.54) is 37.2 Å². The SMILES string of the molecule is CC/S(C[C@H]1CC[C@@H](N(C)c2ncnc3[nH]ccc23)CC1)=N\C. The fraction of sp³-hybridized carbons (Fsp3) is 0.647. The van der Waals surface area contributed by atoms with Crippen molar-refractivity contribution in [1.82, 2.24) is 15.0 Å². The monoisotopic (exact) mass is 333 g/mol. The number of hydrogen-bond acceptors (Lipinski definition) is 4. The molecule has 0 radical (unpaired) electrons. The molecule has 1 unspecified atom stereocenters. The van der Waals surface area contributed by atoms with Crippen molar-refractivity contribution in [2.75, 3.05) is 30.5 Å². The van der Waals surface area contributed by atoms with Gasteiger partial charge in [0.2, 0.25) is 0 Å². The molecule has 0 aliphatic heterocycles. The van der Waals surface area contributed by atoms with E-state index in [4.69, 9.17) is 0 Å². The number of hydrogen-bond donors (Lipinski definition) is 1. The fourth-order valence-electron chi connectivity index (χ4n) is 3.61. The standard InChI is InChI=1S/C17H27N5S/c1-4-23(18-2)11-13-5-7-14(8-6-13)22(3)17-15-9-10-19-16(15)20-12-21-17/h9-10,12-14H,4-8,11H2,1-3H3,(H,19,20,21)/t13-,14+,23?. The Morgan fingerprint density at radius 1 is 1.30 bits per heavy atom. The Kier molecular flexibility index (Phi) is 5.30. The first-order valence-electron chi connectivity index (χ1n) is 8.51. The van der Waals surface area contributed by atoms with Crippen molar-refractivity contribution in [2.45, 2.75) is 38.6 Å². The van der Waals surface area contributed by atoms with Gasteiger partial charge in [0, 0.05) is 37.8 Å². The Hall–Kier alpha value is -1.43. The lowest BCUT2D eigenvalue weighted by molar-refractivity contribution is 0.344. The van der Waals surface area contributed by atoms with E-state index in [1.54, 1.807) is 6.33 Å². The van der Waals surface area contributed by atoms with Crippen LogP contribution in [0.2, 0.25) is 0 Å². The smallest absolute Gasteiger partial charge is 0.142 e. The molecule has 2 aromatic heterocycles. The van der Waals surface area contributed by atoms with Crippen LogP contribution in [-0.2, 0) is 10.7 Å². The van der Waals surface area contributed by atoms with Crippen LogP contribution in [0.3, 0.4) is 0 Å². The molecule has 2 aromatic rings. The minimum atomic E-state index is 0.280. The van der Waals surface area contributed by atoms with Gasteiger partial charge in [-0.25, -0.2) is 9.97 Å². The molecule has 0 saturated heterocycles. The molecule has 1 atom stereocenters. The van der Waals surface area contributed by atoms with E-state index in [0.717, 1.165) is 22.8 Å². The molecule has 5 nitrogen and oxygen atoms in total. The third-order valence-corrected chi connectivity index (χ3v) is 7.09. The molecule has 6 heteroatoms. The molecule has 0 amide bonds. The molecule has 0 spiro atoms. The third kappa shape index (κ3) is 3.57. The first-order valence-corrected chi connectivity index (χ1v) is 10.0. The summed E-state index contributed by atoms with van der Waals surface area (Å²) in [6.07, 6.45) is 8.73. The van der Waals surface area contributed by atoms with Gasteiger partial charge in [-0.15, -0.1) is 10.7 Å². The van der Waals surface area contributed by atoms with Crippen molar-refractivity contribution in [3.05, 3.63) is 18.6 Å². The molecule has 0 bridgehead atoms. The van der Waals surface area contributed by atoms with Gasteiger partial charge in [-0.05, 0) is 37.7 Å². The molecule has 1 N–H and O–H groups in total. The number of H-pyrrole nitrogens is 1. The van der Waals surface area contributed by atoms with Gasteiger partial charge >= 0.3 is 0 Å². The predicted molar refractivity (Wildman–Crippen MR) is 99.2 cm³/mol. The first kappa shape index (κ1) is 16.4. The molecule has 0 aromatic carbocycles. The average molecular weight is 334 g/mol. The van der Waals surface area contributed by atoms with Crippen LogP contribution in [0.5, 0.6) is 0 Å². The first-order chi connectivity index (χ1) is 11.2. The van der Waals surface area contributed by atoms with Crippen LogP contribution in [0, 0.1) is 5.92 Å². The fourth-order valence-corrected chi connectivity index (χ4v) is 5.13. The van der Waals surface area contributed by atoms with Crippen molar-refractivity contribution < 1.29 is 0 Å². The van der Waals surface area contributed by atoms with Crippen LogP contribution in [0.15, 0.2) is 23.0 Å². The quantitative estimate of drug-likeness (QED) is 0.912. The van der Waals surface area contributed by atoms with Crippen molar-refractivity contribution in [2.24, 2.45) is 10.3 Å². The second kappa shape index (κ2) is 7.43. The Balaban J connectivity index is 1.64. The van der Waals surface area contributed by atoms with Crippen molar-refractivity contribution in [3.63, 3.8) is 0 Å². The second-order valence-electron chi connectivity index (χ2n) is 6.32. The Bertz CT molecular complexity index is 672.